The highest BCUT2D eigenvalue weighted by molar-refractivity contribution is 6.30. The Morgan fingerprint density at radius 3 is 2.29 bits per heavy atom. The van der Waals surface area contributed by atoms with Crippen LogP contribution in [0.4, 0.5) is 16.2 Å². The number of hydrogen-bond acceptors (Lipinski definition) is 2. The number of carboxylic acid groups (broad SMARTS) is 1. The van der Waals surface area contributed by atoms with Crippen LogP contribution in [0.15, 0.2) is 48.5 Å². The van der Waals surface area contributed by atoms with Gasteiger partial charge in [-0.15, -0.1) is 0 Å². The number of aliphatic carboxylic acids is 1. The van der Waals surface area contributed by atoms with E-state index in [9.17, 15) is 9.59 Å². The van der Waals surface area contributed by atoms with Gasteiger partial charge in [0.25, 0.3) is 0 Å². The Balaban J connectivity index is 1.95. The minimum atomic E-state index is -0.894. The van der Waals surface area contributed by atoms with Crippen molar-refractivity contribution in [2.75, 3.05) is 10.6 Å². The minimum absolute atomic E-state index is 0.0466. The van der Waals surface area contributed by atoms with Gasteiger partial charge >= 0.3 is 12.0 Å². The summed E-state index contributed by atoms with van der Waals surface area (Å²) in [6, 6.07) is 13.0. The van der Waals surface area contributed by atoms with E-state index in [1.54, 1.807) is 48.5 Å². The summed E-state index contributed by atoms with van der Waals surface area (Å²) < 4.78 is 0. The number of carbonyl (C=O) groups excluding carboxylic acids is 1. The average molecular weight is 305 g/mol. The average Bonchev–Trinajstić information content (AvgIpc) is 2.40. The number of nitrogens with one attached hydrogen (secondary N) is 2. The van der Waals surface area contributed by atoms with Crippen LogP contribution in [0.3, 0.4) is 0 Å². The van der Waals surface area contributed by atoms with Crippen molar-refractivity contribution in [2.45, 2.75) is 6.42 Å². The molecule has 0 saturated carbocycles. The van der Waals surface area contributed by atoms with Crippen molar-refractivity contribution in [3.8, 4) is 0 Å². The van der Waals surface area contributed by atoms with Gasteiger partial charge in [-0.05, 0) is 35.9 Å². The molecule has 2 amide bonds. The van der Waals surface area contributed by atoms with Crippen molar-refractivity contribution in [1.29, 1.82) is 0 Å². The molecule has 3 N–H and O–H groups in total. The van der Waals surface area contributed by atoms with E-state index in [0.29, 0.717) is 22.0 Å². The highest BCUT2D eigenvalue weighted by Crippen LogP contribution is 2.16. The summed E-state index contributed by atoms with van der Waals surface area (Å²) in [7, 11) is 0. The predicted molar refractivity (Wildman–Crippen MR) is 81.9 cm³/mol. The molecule has 2 rings (SSSR count). The van der Waals surface area contributed by atoms with Gasteiger partial charge in [-0.25, -0.2) is 4.79 Å². The second-order valence-corrected chi connectivity index (χ2v) is 4.79. The van der Waals surface area contributed by atoms with E-state index in [1.807, 2.05) is 0 Å². The van der Waals surface area contributed by atoms with Crippen LogP contribution in [0, 0.1) is 0 Å². The number of amides is 2. The first-order chi connectivity index (χ1) is 10.0. The molecule has 108 valence electrons. The molecular weight excluding hydrogens is 292 g/mol. The fraction of sp³-hybridized carbons (Fsp3) is 0.0667. The molecule has 2 aromatic carbocycles. The third kappa shape index (κ3) is 4.81. The van der Waals surface area contributed by atoms with E-state index in [2.05, 4.69) is 10.6 Å². The summed E-state index contributed by atoms with van der Waals surface area (Å²) in [5.74, 6) is -0.894. The van der Waals surface area contributed by atoms with Gasteiger partial charge < -0.3 is 15.7 Å². The fourth-order valence-corrected chi connectivity index (χ4v) is 1.93. The number of rotatable bonds is 4. The molecule has 0 spiro atoms. The van der Waals surface area contributed by atoms with Gasteiger partial charge in [-0.1, -0.05) is 29.8 Å². The van der Waals surface area contributed by atoms with Crippen LogP contribution in [0.5, 0.6) is 0 Å². The van der Waals surface area contributed by atoms with E-state index in [0.717, 1.165) is 0 Å². The quantitative estimate of drug-likeness (QED) is 0.807. The van der Waals surface area contributed by atoms with E-state index >= 15 is 0 Å². The number of halogens is 1. The lowest BCUT2D eigenvalue weighted by Gasteiger charge is -2.08. The number of hydrogen-bond donors (Lipinski definition) is 3. The zero-order valence-electron chi connectivity index (χ0n) is 11.0. The zero-order valence-corrected chi connectivity index (χ0v) is 11.7. The molecule has 0 fully saturated rings. The maximum atomic E-state index is 11.8. The lowest BCUT2D eigenvalue weighted by atomic mass is 10.1. The smallest absolute Gasteiger partial charge is 0.323 e. The van der Waals surface area contributed by atoms with Crippen molar-refractivity contribution in [1.82, 2.24) is 0 Å². The molecule has 6 heteroatoms. The lowest BCUT2D eigenvalue weighted by Crippen LogP contribution is -2.19. The second kappa shape index (κ2) is 6.76. The first-order valence-corrected chi connectivity index (χ1v) is 6.55. The van der Waals surface area contributed by atoms with Crippen molar-refractivity contribution >= 4 is 35.0 Å². The first-order valence-electron chi connectivity index (χ1n) is 6.17. The van der Waals surface area contributed by atoms with Crippen molar-refractivity contribution < 1.29 is 14.7 Å². The van der Waals surface area contributed by atoms with Crippen LogP contribution in [-0.2, 0) is 11.2 Å². The summed E-state index contributed by atoms with van der Waals surface area (Å²) in [5.41, 5.74) is 1.83. The van der Waals surface area contributed by atoms with Gasteiger partial charge in [0.05, 0.1) is 6.42 Å². The van der Waals surface area contributed by atoms with Crippen molar-refractivity contribution in [3.63, 3.8) is 0 Å². The van der Waals surface area contributed by atoms with Gasteiger partial charge in [0.15, 0.2) is 0 Å². The number of benzene rings is 2. The van der Waals surface area contributed by atoms with Crippen molar-refractivity contribution in [2.24, 2.45) is 0 Å². The van der Waals surface area contributed by atoms with E-state index in [4.69, 9.17) is 16.7 Å². The number of carbonyl (C=O) groups is 2. The number of carboxylic acids is 1. The van der Waals surface area contributed by atoms with Crippen LogP contribution in [-0.4, -0.2) is 17.1 Å². The fourth-order valence-electron chi connectivity index (χ4n) is 1.74. The Morgan fingerprint density at radius 2 is 1.67 bits per heavy atom. The van der Waals surface area contributed by atoms with E-state index < -0.39 is 12.0 Å². The lowest BCUT2D eigenvalue weighted by molar-refractivity contribution is -0.136. The molecule has 0 aliphatic heterocycles. The summed E-state index contributed by atoms with van der Waals surface area (Å²) >= 11 is 5.83. The topological polar surface area (TPSA) is 78.4 Å². The normalized spacial score (nSPS) is 9.95. The second-order valence-electron chi connectivity index (χ2n) is 4.36. The molecule has 0 aliphatic carbocycles. The summed E-state index contributed by atoms with van der Waals surface area (Å²) in [5, 5.41) is 14.5. The molecule has 5 nitrogen and oxygen atoms in total. The minimum Gasteiger partial charge on any atom is -0.481 e. The van der Waals surface area contributed by atoms with E-state index in [-0.39, 0.29) is 6.42 Å². The summed E-state index contributed by atoms with van der Waals surface area (Å²) in [6.07, 6.45) is -0.0466. The standard InChI is InChI=1S/C15H13ClN2O3/c16-11-2-1-3-13(9-11)18-15(21)17-12-6-4-10(5-7-12)8-14(19)20/h1-7,9H,8H2,(H,19,20)(H2,17,18,21). The predicted octanol–water partition coefficient (Wildman–Crippen LogP) is 3.61. The largest absolute Gasteiger partial charge is 0.481 e. The van der Waals surface area contributed by atoms with Gasteiger partial charge in [0.1, 0.15) is 0 Å². The molecule has 0 heterocycles. The van der Waals surface area contributed by atoms with Crippen LogP contribution in [0.1, 0.15) is 5.56 Å². The summed E-state index contributed by atoms with van der Waals surface area (Å²) in [6.45, 7) is 0. The Kier molecular flexibility index (Phi) is 4.79. The van der Waals surface area contributed by atoms with Crippen LogP contribution >= 0.6 is 11.6 Å². The molecule has 0 unspecified atom stereocenters. The highest BCUT2D eigenvalue weighted by Gasteiger charge is 2.04. The Labute approximate surface area is 126 Å². The van der Waals surface area contributed by atoms with E-state index in [1.165, 1.54) is 0 Å². The maximum absolute atomic E-state index is 11.8. The Bertz CT molecular complexity index is 656. The summed E-state index contributed by atoms with van der Waals surface area (Å²) in [4.78, 5) is 22.4. The van der Waals surface area contributed by atoms with Gasteiger partial charge in [-0.2, -0.15) is 0 Å². The molecule has 21 heavy (non-hydrogen) atoms. The van der Waals surface area contributed by atoms with Crippen LogP contribution in [0.2, 0.25) is 5.02 Å². The molecule has 0 radical (unpaired) electrons. The van der Waals surface area contributed by atoms with Gasteiger partial charge in [0, 0.05) is 16.4 Å². The van der Waals surface area contributed by atoms with Crippen LogP contribution < -0.4 is 10.6 Å². The molecule has 2 aromatic rings. The molecule has 0 bridgehead atoms. The first kappa shape index (κ1) is 14.9. The molecular formula is C15H13ClN2O3. The Hall–Kier alpha value is -2.53. The maximum Gasteiger partial charge on any atom is 0.323 e. The third-order valence-corrected chi connectivity index (χ3v) is 2.88. The highest BCUT2D eigenvalue weighted by atomic mass is 35.5. The Morgan fingerprint density at radius 1 is 1.00 bits per heavy atom. The monoisotopic (exact) mass is 304 g/mol. The molecule has 0 aliphatic rings. The van der Waals surface area contributed by atoms with Crippen LogP contribution in [0.25, 0.3) is 0 Å². The van der Waals surface area contributed by atoms with Crippen molar-refractivity contribution in [3.05, 3.63) is 59.1 Å². The molecule has 0 saturated heterocycles. The van der Waals surface area contributed by atoms with Gasteiger partial charge in [-0.3, -0.25) is 4.79 Å². The number of anilines is 2. The third-order valence-electron chi connectivity index (χ3n) is 2.65. The molecule has 0 aromatic heterocycles. The number of urea groups is 1. The van der Waals surface area contributed by atoms with Gasteiger partial charge in [0.2, 0.25) is 0 Å². The SMILES string of the molecule is O=C(O)Cc1ccc(NC(=O)Nc2cccc(Cl)c2)cc1. The molecule has 0 atom stereocenters. The zero-order chi connectivity index (χ0) is 15.2.